The van der Waals surface area contributed by atoms with E-state index in [1.807, 2.05) is 12.1 Å². The number of nitrogens with one attached hydrogen (secondary N) is 2. The van der Waals surface area contributed by atoms with Crippen LogP contribution >= 0.6 is 0 Å². The number of hydrogen-bond donors (Lipinski definition) is 2. The van der Waals surface area contributed by atoms with E-state index in [1.165, 1.54) is 0 Å². The fourth-order valence-electron chi connectivity index (χ4n) is 1.78. The molecular formula is C14H18N2O3. The summed E-state index contributed by atoms with van der Waals surface area (Å²) in [6.07, 6.45) is 0. The molecule has 0 aliphatic carbocycles. The molecule has 5 heteroatoms. The van der Waals surface area contributed by atoms with Crippen molar-refractivity contribution in [3.63, 3.8) is 0 Å². The molecule has 1 aromatic carbocycles. The molecular weight excluding hydrogens is 244 g/mol. The third kappa shape index (κ3) is 3.54. The van der Waals surface area contributed by atoms with Gasteiger partial charge in [0.15, 0.2) is 0 Å². The molecule has 2 N–H and O–H groups in total. The van der Waals surface area contributed by atoms with E-state index in [1.54, 1.807) is 19.1 Å². The van der Waals surface area contributed by atoms with Gasteiger partial charge >= 0.3 is 5.97 Å². The van der Waals surface area contributed by atoms with E-state index < -0.39 is 0 Å². The lowest BCUT2D eigenvalue weighted by Crippen LogP contribution is -2.50. The molecule has 0 aromatic heterocycles. The minimum atomic E-state index is -0.321. The topological polar surface area (TPSA) is 67.4 Å². The first-order chi connectivity index (χ1) is 9.20. The van der Waals surface area contributed by atoms with Crippen LogP contribution in [0.1, 0.15) is 22.8 Å². The highest BCUT2D eigenvalue weighted by molar-refractivity contribution is 5.89. The molecule has 0 spiro atoms. The molecule has 1 aromatic rings. The number of amides is 1. The summed E-state index contributed by atoms with van der Waals surface area (Å²) >= 11 is 0. The first-order valence-corrected chi connectivity index (χ1v) is 6.45. The van der Waals surface area contributed by atoms with Gasteiger partial charge in [0.05, 0.1) is 18.1 Å². The summed E-state index contributed by atoms with van der Waals surface area (Å²) < 4.78 is 4.90. The van der Waals surface area contributed by atoms with E-state index in [0.29, 0.717) is 18.7 Å². The lowest BCUT2D eigenvalue weighted by molar-refractivity contribution is -0.126. The van der Waals surface area contributed by atoms with Crippen LogP contribution in [0.2, 0.25) is 0 Å². The lowest BCUT2D eigenvalue weighted by atomic mass is 10.0. The van der Waals surface area contributed by atoms with Crippen molar-refractivity contribution in [3.8, 4) is 0 Å². The average Bonchev–Trinajstić information content (AvgIpc) is 2.35. The monoisotopic (exact) mass is 262 g/mol. The van der Waals surface area contributed by atoms with Crippen LogP contribution in [0.3, 0.4) is 0 Å². The van der Waals surface area contributed by atoms with Gasteiger partial charge < -0.3 is 15.4 Å². The number of esters is 1. The number of benzene rings is 1. The summed E-state index contributed by atoms with van der Waals surface area (Å²) in [7, 11) is 0. The molecule has 0 bridgehead atoms. The predicted molar refractivity (Wildman–Crippen MR) is 70.6 cm³/mol. The summed E-state index contributed by atoms with van der Waals surface area (Å²) in [4.78, 5) is 23.1. The zero-order valence-corrected chi connectivity index (χ0v) is 10.9. The molecule has 0 unspecified atom stereocenters. The molecule has 1 saturated heterocycles. The lowest BCUT2D eigenvalue weighted by Gasteiger charge is -2.25. The van der Waals surface area contributed by atoms with Crippen molar-refractivity contribution in [2.75, 3.05) is 19.7 Å². The Morgan fingerprint density at radius 2 is 2.00 bits per heavy atom. The Hall–Kier alpha value is -1.88. The highest BCUT2D eigenvalue weighted by Gasteiger charge is 2.24. The zero-order chi connectivity index (χ0) is 13.7. The largest absolute Gasteiger partial charge is 0.462 e. The number of carbonyl (C=O) groups excluding carboxylic acids is 2. The maximum atomic E-state index is 11.6. The van der Waals surface area contributed by atoms with Gasteiger partial charge in [-0.25, -0.2) is 4.79 Å². The standard InChI is InChI=1S/C14H18N2O3/c1-2-19-14(18)11-5-3-10(4-6-11)7-16-13(17)12-8-15-9-12/h3-6,12,15H,2,7-9H2,1H3,(H,16,17). The molecule has 2 rings (SSSR count). The number of hydrogen-bond acceptors (Lipinski definition) is 4. The van der Waals surface area contributed by atoms with Gasteiger partial charge in [-0.1, -0.05) is 12.1 Å². The van der Waals surface area contributed by atoms with Crippen LogP contribution in [-0.4, -0.2) is 31.6 Å². The zero-order valence-electron chi connectivity index (χ0n) is 10.9. The average molecular weight is 262 g/mol. The van der Waals surface area contributed by atoms with Gasteiger partial charge in [-0.05, 0) is 24.6 Å². The molecule has 5 nitrogen and oxygen atoms in total. The first-order valence-electron chi connectivity index (χ1n) is 6.45. The Balaban J connectivity index is 1.84. The molecule has 0 saturated carbocycles. The van der Waals surface area contributed by atoms with Crippen LogP contribution < -0.4 is 10.6 Å². The number of rotatable bonds is 5. The van der Waals surface area contributed by atoms with Crippen molar-refractivity contribution in [1.82, 2.24) is 10.6 Å². The molecule has 1 aliphatic heterocycles. The van der Waals surface area contributed by atoms with Gasteiger partial charge in [0.25, 0.3) is 0 Å². The quantitative estimate of drug-likeness (QED) is 0.767. The smallest absolute Gasteiger partial charge is 0.338 e. The fourth-order valence-corrected chi connectivity index (χ4v) is 1.78. The SMILES string of the molecule is CCOC(=O)c1ccc(CNC(=O)C2CNC2)cc1. The molecule has 1 fully saturated rings. The van der Waals surface area contributed by atoms with E-state index in [9.17, 15) is 9.59 Å². The first kappa shape index (κ1) is 13.5. The van der Waals surface area contributed by atoms with E-state index in [2.05, 4.69) is 10.6 Å². The summed E-state index contributed by atoms with van der Waals surface area (Å²) in [6.45, 7) is 4.14. The van der Waals surface area contributed by atoms with Gasteiger partial charge in [-0.3, -0.25) is 4.79 Å². The summed E-state index contributed by atoms with van der Waals surface area (Å²) in [5.41, 5.74) is 1.49. The van der Waals surface area contributed by atoms with Crippen molar-refractivity contribution >= 4 is 11.9 Å². The molecule has 1 heterocycles. The van der Waals surface area contributed by atoms with Gasteiger partial charge in [-0.2, -0.15) is 0 Å². The summed E-state index contributed by atoms with van der Waals surface area (Å²) in [5, 5.41) is 5.94. The second-order valence-electron chi connectivity index (χ2n) is 4.49. The molecule has 0 radical (unpaired) electrons. The second kappa shape index (κ2) is 6.33. The highest BCUT2D eigenvalue weighted by Crippen LogP contribution is 2.07. The van der Waals surface area contributed by atoms with Crippen molar-refractivity contribution in [2.24, 2.45) is 5.92 Å². The third-order valence-corrected chi connectivity index (χ3v) is 3.08. The van der Waals surface area contributed by atoms with Crippen molar-refractivity contribution in [3.05, 3.63) is 35.4 Å². The predicted octanol–water partition coefficient (Wildman–Crippen LogP) is 0.699. The van der Waals surface area contributed by atoms with Crippen LogP contribution in [0.25, 0.3) is 0 Å². The summed E-state index contributed by atoms with van der Waals surface area (Å²) in [6, 6.07) is 7.08. The van der Waals surface area contributed by atoms with E-state index >= 15 is 0 Å². The van der Waals surface area contributed by atoms with Crippen LogP contribution in [0.5, 0.6) is 0 Å². The van der Waals surface area contributed by atoms with E-state index in [0.717, 1.165) is 18.7 Å². The fraction of sp³-hybridized carbons (Fsp3) is 0.429. The number of carbonyl (C=O) groups is 2. The molecule has 1 aliphatic rings. The second-order valence-corrected chi connectivity index (χ2v) is 4.49. The minimum Gasteiger partial charge on any atom is -0.462 e. The van der Waals surface area contributed by atoms with E-state index in [4.69, 9.17) is 4.74 Å². The molecule has 0 atom stereocenters. The van der Waals surface area contributed by atoms with Gasteiger partial charge in [0.1, 0.15) is 0 Å². The van der Waals surface area contributed by atoms with Crippen LogP contribution in [0.15, 0.2) is 24.3 Å². The molecule has 102 valence electrons. The Labute approximate surface area is 112 Å². The Morgan fingerprint density at radius 1 is 1.32 bits per heavy atom. The maximum Gasteiger partial charge on any atom is 0.338 e. The van der Waals surface area contributed by atoms with Gasteiger partial charge in [0, 0.05) is 19.6 Å². The normalized spacial score (nSPS) is 14.6. The number of ether oxygens (including phenoxy) is 1. The highest BCUT2D eigenvalue weighted by atomic mass is 16.5. The van der Waals surface area contributed by atoms with Crippen LogP contribution in [0, 0.1) is 5.92 Å². The third-order valence-electron chi connectivity index (χ3n) is 3.08. The van der Waals surface area contributed by atoms with Crippen molar-refractivity contribution in [1.29, 1.82) is 0 Å². The summed E-state index contributed by atoms with van der Waals surface area (Å²) in [5.74, 6) is -0.148. The Kier molecular flexibility index (Phi) is 4.52. The van der Waals surface area contributed by atoms with E-state index in [-0.39, 0.29) is 17.8 Å². The van der Waals surface area contributed by atoms with Gasteiger partial charge in [-0.15, -0.1) is 0 Å². The Bertz CT molecular complexity index is 452. The minimum absolute atomic E-state index is 0.0771. The molecule has 19 heavy (non-hydrogen) atoms. The van der Waals surface area contributed by atoms with Crippen molar-refractivity contribution in [2.45, 2.75) is 13.5 Å². The molecule has 1 amide bonds. The van der Waals surface area contributed by atoms with Gasteiger partial charge in [0.2, 0.25) is 5.91 Å². The maximum absolute atomic E-state index is 11.6. The van der Waals surface area contributed by atoms with Crippen LogP contribution in [-0.2, 0) is 16.1 Å². The van der Waals surface area contributed by atoms with Crippen molar-refractivity contribution < 1.29 is 14.3 Å². The van der Waals surface area contributed by atoms with Crippen LogP contribution in [0.4, 0.5) is 0 Å². The Morgan fingerprint density at radius 3 is 2.53 bits per heavy atom.